The zero-order chi connectivity index (χ0) is 16.7. The number of H-pyrrole nitrogens is 1. The van der Waals surface area contributed by atoms with Crippen LogP contribution in [0, 0.1) is 0 Å². The molecule has 1 fully saturated rings. The number of nitrogens with one attached hydrogen (secondary N) is 1. The zero-order valence-corrected chi connectivity index (χ0v) is 14.5. The number of ether oxygens (including phenoxy) is 1. The van der Waals surface area contributed by atoms with E-state index in [9.17, 15) is 8.42 Å². The topological polar surface area (TPSA) is 75.3 Å². The maximum absolute atomic E-state index is 12.7. The number of hydrogen-bond donors (Lipinski definition) is 1. The smallest absolute Gasteiger partial charge is 0.243 e. The first kappa shape index (κ1) is 15.8. The molecule has 24 heavy (non-hydrogen) atoms. The molecule has 1 aromatic carbocycles. The van der Waals surface area contributed by atoms with Crippen molar-refractivity contribution in [2.45, 2.75) is 37.2 Å². The van der Waals surface area contributed by atoms with Crippen LogP contribution in [0.4, 0.5) is 0 Å². The summed E-state index contributed by atoms with van der Waals surface area (Å²) < 4.78 is 32.4. The van der Waals surface area contributed by atoms with Crippen LogP contribution in [0.2, 0.25) is 0 Å². The van der Waals surface area contributed by atoms with E-state index in [0.717, 1.165) is 35.4 Å². The largest absolute Gasteiger partial charge is 0.376 e. The van der Waals surface area contributed by atoms with Crippen molar-refractivity contribution in [1.82, 2.24) is 14.5 Å². The quantitative estimate of drug-likeness (QED) is 0.916. The molecule has 2 aromatic rings. The van der Waals surface area contributed by atoms with Crippen molar-refractivity contribution < 1.29 is 13.2 Å². The van der Waals surface area contributed by atoms with Crippen LogP contribution in [0.5, 0.6) is 0 Å². The number of aromatic amines is 1. The molecule has 128 valence electrons. The van der Waals surface area contributed by atoms with Crippen LogP contribution in [0.15, 0.2) is 29.2 Å². The van der Waals surface area contributed by atoms with Crippen LogP contribution >= 0.6 is 0 Å². The molecule has 0 spiro atoms. The van der Waals surface area contributed by atoms with E-state index in [1.54, 1.807) is 12.1 Å². The van der Waals surface area contributed by atoms with Crippen LogP contribution in [0.1, 0.15) is 35.4 Å². The normalized spacial score (nSPS) is 19.0. The lowest BCUT2D eigenvalue weighted by Gasteiger charge is -2.37. The summed E-state index contributed by atoms with van der Waals surface area (Å²) in [6.45, 7) is 4.30. The number of hydrogen-bond acceptors (Lipinski definition) is 4. The number of nitrogens with zero attached hydrogens (tertiary/aromatic N) is 2. The number of sulfonamides is 1. The molecule has 2 aliphatic heterocycles. The second-order valence-electron chi connectivity index (χ2n) is 6.38. The Bertz CT molecular complexity index is 836. The van der Waals surface area contributed by atoms with E-state index in [0.29, 0.717) is 31.2 Å². The second-order valence-corrected chi connectivity index (χ2v) is 8.32. The number of fused-ring (bicyclic) bond motifs is 1. The Kier molecular flexibility index (Phi) is 3.94. The van der Waals surface area contributed by atoms with E-state index in [2.05, 4.69) is 17.1 Å². The monoisotopic (exact) mass is 347 g/mol. The van der Waals surface area contributed by atoms with Gasteiger partial charge in [0.15, 0.2) is 0 Å². The minimum atomic E-state index is -3.41. The van der Waals surface area contributed by atoms with Crippen molar-refractivity contribution in [2.24, 2.45) is 0 Å². The zero-order valence-electron chi connectivity index (χ0n) is 13.7. The van der Waals surface area contributed by atoms with Gasteiger partial charge in [-0.1, -0.05) is 19.1 Å². The SMILES string of the molecule is CCc1ccc(S(=O)(=O)N2CC(c3n[nH]c4c3COCC4)C2)cc1. The summed E-state index contributed by atoms with van der Waals surface area (Å²) in [6, 6.07) is 7.16. The molecule has 1 aromatic heterocycles. The van der Waals surface area contributed by atoms with Crippen molar-refractivity contribution in [3.8, 4) is 0 Å². The van der Waals surface area contributed by atoms with Crippen LogP contribution < -0.4 is 0 Å². The molecule has 0 aliphatic carbocycles. The Morgan fingerprint density at radius 3 is 2.75 bits per heavy atom. The summed E-state index contributed by atoms with van der Waals surface area (Å²) in [6.07, 6.45) is 1.75. The van der Waals surface area contributed by atoms with E-state index in [4.69, 9.17) is 4.74 Å². The fourth-order valence-electron chi connectivity index (χ4n) is 3.32. The summed E-state index contributed by atoms with van der Waals surface area (Å²) in [5.74, 6) is 0.149. The van der Waals surface area contributed by atoms with Crippen LogP contribution in [0.3, 0.4) is 0 Å². The lowest BCUT2D eigenvalue weighted by Crippen LogP contribution is -2.48. The van der Waals surface area contributed by atoms with Crippen molar-refractivity contribution >= 4 is 10.0 Å². The average Bonchev–Trinajstić information content (AvgIpc) is 2.97. The average molecular weight is 347 g/mol. The van der Waals surface area contributed by atoms with Gasteiger partial charge in [0.1, 0.15) is 0 Å². The first-order valence-electron chi connectivity index (χ1n) is 8.32. The molecule has 2 aliphatic rings. The van der Waals surface area contributed by atoms with Gasteiger partial charge in [0.2, 0.25) is 10.0 Å². The highest BCUT2D eigenvalue weighted by atomic mass is 32.2. The van der Waals surface area contributed by atoms with Gasteiger partial charge >= 0.3 is 0 Å². The predicted molar refractivity (Wildman–Crippen MR) is 89.3 cm³/mol. The molecule has 4 rings (SSSR count). The Morgan fingerprint density at radius 2 is 2.04 bits per heavy atom. The van der Waals surface area contributed by atoms with Gasteiger partial charge in [0.05, 0.1) is 23.8 Å². The summed E-state index contributed by atoms with van der Waals surface area (Å²) in [5, 5.41) is 7.48. The molecule has 0 bridgehead atoms. The standard InChI is InChI=1S/C17H21N3O3S/c1-2-12-3-5-14(6-4-12)24(21,22)20-9-13(10-20)17-15-11-23-8-7-16(15)18-19-17/h3-6,13H,2,7-11H2,1H3,(H,18,19). The maximum Gasteiger partial charge on any atom is 0.243 e. The van der Waals surface area contributed by atoms with E-state index < -0.39 is 10.0 Å². The van der Waals surface area contributed by atoms with Crippen molar-refractivity contribution in [3.05, 3.63) is 46.8 Å². The molecule has 0 atom stereocenters. The summed E-state index contributed by atoms with van der Waals surface area (Å²) in [4.78, 5) is 0.366. The second kappa shape index (κ2) is 5.98. The number of aromatic nitrogens is 2. The maximum atomic E-state index is 12.7. The predicted octanol–water partition coefficient (Wildman–Crippen LogP) is 1.83. The minimum absolute atomic E-state index is 0.149. The highest BCUT2D eigenvalue weighted by molar-refractivity contribution is 7.89. The summed E-state index contributed by atoms with van der Waals surface area (Å²) in [7, 11) is -3.41. The summed E-state index contributed by atoms with van der Waals surface area (Å²) >= 11 is 0. The molecule has 1 N–H and O–H groups in total. The summed E-state index contributed by atoms with van der Waals surface area (Å²) in [5.41, 5.74) is 4.36. The van der Waals surface area contributed by atoms with E-state index in [1.165, 1.54) is 4.31 Å². The molecule has 0 amide bonds. The van der Waals surface area contributed by atoms with Crippen LogP contribution in [-0.2, 0) is 34.2 Å². The van der Waals surface area contributed by atoms with Crippen molar-refractivity contribution in [1.29, 1.82) is 0 Å². The molecular weight excluding hydrogens is 326 g/mol. The number of rotatable bonds is 4. The molecule has 6 nitrogen and oxygen atoms in total. The highest BCUT2D eigenvalue weighted by Gasteiger charge is 2.40. The van der Waals surface area contributed by atoms with Gasteiger partial charge in [-0.3, -0.25) is 5.10 Å². The molecule has 1 saturated heterocycles. The van der Waals surface area contributed by atoms with Gasteiger partial charge in [-0.05, 0) is 24.1 Å². The van der Waals surface area contributed by atoms with Crippen molar-refractivity contribution in [2.75, 3.05) is 19.7 Å². The Labute approximate surface area is 141 Å². The number of aryl methyl sites for hydroxylation is 1. The van der Waals surface area contributed by atoms with Crippen LogP contribution in [-0.4, -0.2) is 42.6 Å². The van der Waals surface area contributed by atoms with Gasteiger partial charge in [-0.15, -0.1) is 0 Å². The van der Waals surface area contributed by atoms with Gasteiger partial charge < -0.3 is 4.74 Å². The molecule has 0 unspecified atom stereocenters. The first-order chi connectivity index (χ1) is 11.6. The van der Waals surface area contributed by atoms with Gasteiger partial charge in [-0.2, -0.15) is 9.40 Å². The van der Waals surface area contributed by atoms with E-state index >= 15 is 0 Å². The van der Waals surface area contributed by atoms with Gasteiger partial charge in [0.25, 0.3) is 0 Å². The minimum Gasteiger partial charge on any atom is -0.376 e. The third kappa shape index (κ3) is 2.56. The molecule has 0 radical (unpaired) electrons. The Morgan fingerprint density at radius 1 is 1.29 bits per heavy atom. The number of benzene rings is 1. The Hall–Kier alpha value is -1.70. The van der Waals surface area contributed by atoms with Gasteiger partial charge in [0, 0.05) is 36.7 Å². The molecular formula is C17H21N3O3S. The van der Waals surface area contributed by atoms with E-state index in [-0.39, 0.29) is 5.92 Å². The third-order valence-corrected chi connectivity index (χ3v) is 6.78. The fourth-order valence-corrected chi connectivity index (χ4v) is 4.86. The fraction of sp³-hybridized carbons (Fsp3) is 0.471. The Balaban J connectivity index is 1.49. The highest BCUT2D eigenvalue weighted by Crippen LogP contribution is 2.34. The molecule has 0 saturated carbocycles. The third-order valence-electron chi connectivity index (χ3n) is 4.93. The first-order valence-corrected chi connectivity index (χ1v) is 9.76. The van der Waals surface area contributed by atoms with Crippen molar-refractivity contribution in [3.63, 3.8) is 0 Å². The molecule has 3 heterocycles. The lowest BCUT2D eigenvalue weighted by molar-refractivity contribution is 0.108. The van der Waals surface area contributed by atoms with E-state index in [1.807, 2.05) is 12.1 Å². The van der Waals surface area contributed by atoms with Crippen LogP contribution in [0.25, 0.3) is 0 Å². The molecule has 7 heteroatoms. The lowest BCUT2D eigenvalue weighted by atomic mass is 9.94. The van der Waals surface area contributed by atoms with Gasteiger partial charge in [-0.25, -0.2) is 8.42 Å².